The van der Waals surface area contributed by atoms with Crippen molar-refractivity contribution in [1.82, 2.24) is 14.9 Å². The minimum absolute atomic E-state index is 0.105. The van der Waals surface area contributed by atoms with Crippen molar-refractivity contribution in [2.45, 2.75) is 76.7 Å². The first kappa shape index (κ1) is 26.4. The van der Waals surface area contributed by atoms with E-state index in [4.69, 9.17) is 9.72 Å². The summed E-state index contributed by atoms with van der Waals surface area (Å²) in [5.74, 6) is 1.52. The van der Waals surface area contributed by atoms with E-state index in [2.05, 4.69) is 14.8 Å². The second-order valence-corrected chi connectivity index (χ2v) is 11.2. The maximum absolute atomic E-state index is 13.5. The molecule has 1 aliphatic carbocycles. The molecular weight excluding hydrogens is 480 g/mol. The molecule has 3 heterocycles. The van der Waals surface area contributed by atoms with Crippen molar-refractivity contribution in [2.75, 3.05) is 31.6 Å². The highest BCUT2D eigenvalue weighted by molar-refractivity contribution is 5.88. The molecule has 0 radical (unpaired) electrons. The van der Waals surface area contributed by atoms with Crippen molar-refractivity contribution < 1.29 is 19.4 Å². The number of fused-ring (bicyclic) bond motifs is 1. The zero-order valence-corrected chi connectivity index (χ0v) is 22.5. The van der Waals surface area contributed by atoms with Gasteiger partial charge in [0.2, 0.25) is 11.9 Å². The minimum Gasteiger partial charge on any atom is -0.496 e. The number of anilines is 1. The molecule has 3 aliphatic rings. The summed E-state index contributed by atoms with van der Waals surface area (Å²) in [6.07, 6.45) is 13.0. The number of ether oxygens (including phenoxy) is 1. The summed E-state index contributed by atoms with van der Waals surface area (Å²) in [6, 6.07) is 7.82. The summed E-state index contributed by atoms with van der Waals surface area (Å²) in [7, 11) is 1.64. The Morgan fingerprint density at radius 1 is 1.05 bits per heavy atom. The predicted molar refractivity (Wildman–Crippen MR) is 146 cm³/mol. The van der Waals surface area contributed by atoms with Crippen LogP contribution in [-0.2, 0) is 17.6 Å². The van der Waals surface area contributed by atoms with E-state index < -0.39 is 5.97 Å². The van der Waals surface area contributed by atoms with Crippen molar-refractivity contribution in [3.8, 4) is 5.75 Å². The fourth-order valence-electron chi connectivity index (χ4n) is 6.68. The van der Waals surface area contributed by atoms with Gasteiger partial charge in [-0.15, -0.1) is 0 Å². The van der Waals surface area contributed by atoms with Crippen molar-refractivity contribution >= 4 is 17.8 Å². The van der Waals surface area contributed by atoms with Gasteiger partial charge in [-0.25, -0.2) is 14.8 Å². The first-order valence-electron chi connectivity index (χ1n) is 14.3. The van der Waals surface area contributed by atoms with Gasteiger partial charge in [0.25, 0.3) is 0 Å². The standard InChI is InChI=1S/C30H40N4O4/c1-38-27-13-6-5-11-22(27)17-28(35)34-16-8-7-12-23-19-33(20-26(23)34)30-31-18-24(29(36)37)25(32-30)15-14-21-9-3-2-4-10-21/h5-6,11,13,18,21,23,26H,2-4,7-10,12,14-17,19-20H2,1H3,(H,36,37)/t23-,26-/m1/s1. The Morgan fingerprint density at radius 3 is 2.63 bits per heavy atom. The summed E-state index contributed by atoms with van der Waals surface area (Å²) >= 11 is 0. The van der Waals surface area contributed by atoms with Gasteiger partial charge in [-0.05, 0) is 43.6 Å². The normalized spacial score (nSPS) is 22.1. The van der Waals surface area contributed by atoms with Crippen LogP contribution in [0.2, 0.25) is 0 Å². The quantitative estimate of drug-likeness (QED) is 0.536. The Kier molecular flexibility index (Phi) is 8.45. The molecule has 5 rings (SSSR count). The van der Waals surface area contributed by atoms with E-state index in [1.807, 2.05) is 24.3 Å². The molecular formula is C30H40N4O4. The lowest BCUT2D eigenvalue weighted by Gasteiger charge is -2.30. The number of carboxylic acids is 1. The van der Waals surface area contributed by atoms with Gasteiger partial charge in [0.05, 0.1) is 30.8 Å². The second kappa shape index (κ2) is 12.1. The number of carboxylic acid groups (broad SMARTS) is 1. The molecule has 204 valence electrons. The number of carbonyl (C=O) groups is 2. The number of aromatic carboxylic acids is 1. The number of amides is 1. The van der Waals surface area contributed by atoms with Crippen molar-refractivity contribution in [1.29, 1.82) is 0 Å². The smallest absolute Gasteiger partial charge is 0.339 e. The van der Waals surface area contributed by atoms with E-state index in [0.29, 0.717) is 42.9 Å². The molecule has 1 aromatic heterocycles. The van der Waals surface area contributed by atoms with E-state index in [-0.39, 0.29) is 17.5 Å². The van der Waals surface area contributed by atoms with Crippen LogP contribution in [0.25, 0.3) is 0 Å². The van der Waals surface area contributed by atoms with Crippen LogP contribution in [0.15, 0.2) is 30.5 Å². The highest BCUT2D eigenvalue weighted by atomic mass is 16.5. The highest BCUT2D eigenvalue weighted by Crippen LogP contribution is 2.33. The molecule has 0 bridgehead atoms. The van der Waals surface area contributed by atoms with Crippen LogP contribution in [0.1, 0.15) is 79.4 Å². The lowest BCUT2D eigenvalue weighted by Crippen LogP contribution is -2.45. The molecule has 2 aromatic rings. The first-order valence-corrected chi connectivity index (χ1v) is 14.3. The van der Waals surface area contributed by atoms with Crippen LogP contribution in [0.4, 0.5) is 5.95 Å². The largest absolute Gasteiger partial charge is 0.496 e. The molecule has 1 N–H and O–H groups in total. The van der Waals surface area contributed by atoms with Gasteiger partial charge in [-0.1, -0.05) is 56.7 Å². The van der Waals surface area contributed by atoms with Gasteiger partial charge in [-0.3, -0.25) is 4.79 Å². The Hall–Kier alpha value is -3.16. The Balaban J connectivity index is 1.31. The molecule has 0 spiro atoms. The maximum Gasteiger partial charge on any atom is 0.339 e. The fraction of sp³-hybridized carbons (Fsp3) is 0.600. The Bertz CT molecular complexity index is 1130. The average Bonchev–Trinajstić information content (AvgIpc) is 3.26. The number of methoxy groups -OCH3 is 1. The number of para-hydroxylation sites is 1. The van der Waals surface area contributed by atoms with Crippen molar-refractivity contribution in [3.63, 3.8) is 0 Å². The van der Waals surface area contributed by atoms with Crippen LogP contribution >= 0.6 is 0 Å². The second-order valence-electron chi connectivity index (χ2n) is 11.2. The number of benzene rings is 1. The van der Waals surface area contributed by atoms with Crippen LogP contribution in [0.3, 0.4) is 0 Å². The molecule has 2 aliphatic heterocycles. The molecule has 8 heteroatoms. The summed E-state index contributed by atoms with van der Waals surface area (Å²) in [5, 5.41) is 9.77. The summed E-state index contributed by atoms with van der Waals surface area (Å²) < 4.78 is 5.48. The molecule has 0 unspecified atom stereocenters. The Labute approximate surface area is 225 Å². The lowest BCUT2D eigenvalue weighted by molar-refractivity contribution is -0.132. The van der Waals surface area contributed by atoms with E-state index in [9.17, 15) is 14.7 Å². The van der Waals surface area contributed by atoms with E-state index in [1.54, 1.807) is 7.11 Å². The van der Waals surface area contributed by atoms with Gasteiger partial charge in [0.1, 0.15) is 5.75 Å². The zero-order chi connectivity index (χ0) is 26.5. The summed E-state index contributed by atoms with van der Waals surface area (Å²) in [6.45, 7) is 2.23. The summed E-state index contributed by atoms with van der Waals surface area (Å²) in [4.78, 5) is 39.0. The number of hydrogen-bond donors (Lipinski definition) is 1. The van der Waals surface area contributed by atoms with E-state index in [1.165, 1.54) is 38.3 Å². The van der Waals surface area contributed by atoms with Crippen LogP contribution < -0.4 is 9.64 Å². The average molecular weight is 521 g/mol. The van der Waals surface area contributed by atoms with Gasteiger partial charge in [0, 0.05) is 31.4 Å². The van der Waals surface area contributed by atoms with E-state index in [0.717, 1.165) is 50.1 Å². The monoisotopic (exact) mass is 520 g/mol. The SMILES string of the molecule is COc1ccccc1CC(=O)N1CCCC[C@@H]2CN(c3ncc(C(=O)O)c(CCC4CCCCC4)n3)C[C@H]21. The van der Waals surface area contributed by atoms with E-state index >= 15 is 0 Å². The van der Waals surface area contributed by atoms with Crippen LogP contribution in [-0.4, -0.2) is 64.6 Å². The molecule has 2 atom stereocenters. The Morgan fingerprint density at radius 2 is 1.84 bits per heavy atom. The van der Waals surface area contributed by atoms with Gasteiger partial charge in [-0.2, -0.15) is 0 Å². The van der Waals surface area contributed by atoms with Crippen LogP contribution in [0.5, 0.6) is 5.75 Å². The molecule has 1 amide bonds. The zero-order valence-electron chi connectivity index (χ0n) is 22.5. The number of hydrogen-bond acceptors (Lipinski definition) is 6. The molecule has 3 fully saturated rings. The van der Waals surface area contributed by atoms with Crippen molar-refractivity contribution in [3.05, 3.63) is 47.3 Å². The third-order valence-corrected chi connectivity index (χ3v) is 8.77. The topological polar surface area (TPSA) is 95.9 Å². The number of rotatable bonds is 8. The van der Waals surface area contributed by atoms with Gasteiger partial charge < -0.3 is 19.6 Å². The number of nitrogens with zero attached hydrogens (tertiary/aromatic N) is 4. The molecule has 1 saturated carbocycles. The van der Waals surface area contributed by atoms with Gasteiger partial charge >= 0.3 is 5.97 Å². The fourth-order valence-corrected chi connectivity index (χ4v) is 6.68. The molecule has 2 saturated heterocycles. The number of carbonyl (C=O) groups excluding carboxylic acids is 1. The third kappa shape index (κ3) is 5.94. The number of aromatic nitrogens is 2. The maximum atomic E-state index is 13.5. The number of likely N-dealkylation sites (tertiary alicyclic amines) is 1. The molecule has 8 nitrogen and oxygen atoms in total. The minimum atomic E-state index is -0.963. The third-order valence-electron chi connectivity index (χ3n) is 8.77. The predicted octanol–water partition coefficient (Wildman–Crippen LogP) is 4.76. The number of aryl methyl sites for hydroxylation is 1. The molecule has 38 heavy (non-hydrogen) atoms. The van der Waals surface area contributed by atoms with Crippen LogP contribution in [0, 0.1) is 11.8 Å². The summed E-state index contributed by atoms with van der Waals surface area (Å²) in [5.41, 5.74) is 1.77. The lowest BCUT2D eigenvalue weighted by atomic mass is 9.85. The first-order chi connectivity index (χ1) is 18.5. The van der Waals surface area contributed by atoms with Gasteiger partial charge in [0.15, 0.2) is 0 Å². The van der Waals surface area contributed by atoms with Crippen molar-refractivity contribution in [2.24, 2.45) is 11.8 Å². The molecule has 1 aromatic carbocycles. The highest BCUT2D eigenvalue weighted by Gasteiger charge is 2.40.